The highest BCUT2D eigenvalue weighted by atomic mass is 32.2. The molecule has 0 aliphatic rings. The zero-order chi connectivity index (χ0) is 10.8. The Labute approximate surface area is 82.0 Å². The fourth-order valence-electron chi connectivity index (χ4n) is 0.944. The van der Waals surface area contributed by atoms with Gasteiger partial charge in [0.15, 0.2) is 0 Å². The first-order valence-electron chi connectivity index (χ1n) is 3.77. The molecular weight excluding hydrogens is 204 g/mol. The van der Waals surface area contributed by atoms with E-state index in [9.17, 15) is 13.2 Å². The predicted molar refractivity (Wildman–Crippen MR) is 51.0 cm³/mol. The van der Waals surface area contributed by atoms with E-state index in [0.29, 0.717) is 5.69 Å². The lowest BCUT2D eigenvalue weighted by Gasteiger charge is -2.03. The van der Waals surface area contributed by atoms with Crippen LogP contribution in [0.5, 0.6) is 0 Å². The molecule has 75 valence electrons. The van der Waals surface area contributed by atoms with E-state index in [4.69, 9.17) is 5.14 Å². The molecule has 1 aromatic carbocycles. The summed E-state index contributed by atoms with van der Waals surface area (Å²) >= 11 is 0. The average Bonchev–Trinajstić information content (AvgIpc) is 2.01. The lowest BCUT2D eigenvalue weighted by Crippen LogP contribution is -2.07. The van der Waals surface area contributed by atoms with Gasteiger partial charge >= 0.3 is 0 Å². The number of benzene rings is 1. The molecule has 0 bridgehead atoms. The van der Waals surface area contributed by atoms with Gasteiger partial charge in [0, 0.05) is 12.6 Å². The van der Waals surface area contributed by atoms with Crippen LogP contribution < -0.4 is 10.5 Å². The van der Waals surface area contributed by atoms with E-state index in [1.54, 1.807) is 6.07 Å². The molecule has 1 radical (unpaired) electrons. The zero-order valence-corrected chi connectivity index (χ0v) is 8.26. The SMILES string of the molecule is CC(=O)Nc1cccc(S([NH])(=O)=O)c1. The Bertz CT molecular complexity index is 453. The number of nitrogens with one attached hydrogen (secondary N) is 2. The van der Waals surface area contributed by atoms with Crippen LogP contribution in [-0.4, -0.2) is 14.3 Å². The van der Waals surface area contributed by atoms with Gasteiger partial charge in [-0.1, -0.05) is 6.07 Å². The summed E-state index contributed by atoms with van der Waals surface area (Å²) in [5.41, 5.74) is 0.367. The van der Waals surface area contributed by atoms with E-state index in [1.165, 1.54) is 25.1 Å². The van der Waals surface area contributed by atoms with E-state index in [1.807, 2.05) is 0 Å². The van der Waals surface area contributed by atoms with Crippen molar-refractivity contribution in [2.24, 2.45) is 0 Å². The summed E-state index contributed by atoms with van der Waals surface area (Å²) < 4.78 is 21.6. The predicted octanol–water partition coefficient (Wildman–Crippen LogP) is 0.617. The third-order valence-corrected chi connectivity index (χ3v) is 2.34. The number of rotatable bonds is 2. The molecule has 0 aliphatic carbocycles. The molecule has 0 unspecified atom stereocenters. The molecular formula is C8H9N2O3S. The largest absolute Gasteiger partial charge is 0.326 e. The quantitative estimate of drug-likeness (QED) is 0.781. The van der Waals surface area contributed by atoms with Gasteiger partial charge in [0.05, 0.1) is 4.90 Å². The van der Waals surface area contributed by atoms with Crippen LogP contribution in [0.1, 0.15) is 6.92 Å². The molecule has 0 aromatic heterocycles. The molecule has 2 N–H and O–H groups in total. The minimum atomic E-state index is -3.96. The van der Waals surface area contributed by atoms with Gasteiger partial charge in [-0.05, 0) is 18.2 Å². The first-order valence-corrected chi connectivity index (χ1v) is 5.25. The zero-order valence-electron chi connectivity index (χ0n) is 7.44. The molecule has 1 amide bonds. The Morgan fingerprint density at radius 2 is 2.07 bits per heavy atom. The molecule has 1 rings (SSSR count). The molecule has 5 nitrogen and oxygen atoms in total. The Morgan fingerprint density at radius 3 is 2.57 bits per heavy atom. The van der Waals surface area contributed by atoms with E-state index in [0.717, 1.165) is 0 Å². The van der Waals surface area contributed by atoms with E-state index >= 15 is 0 Å². The van der Waals surface area contributed by atoms with Crippen LogP contribution >= 0.6 is 0 Å². The lowest BCUT2D eigenvalue weighted by atomic mass is 10.3. The summed E-state index contributed by atoms with van der Waals surface area (Å²) in [6, 6.07) is 5.56. The number of hydrogen-bond donors (Lipinski definition) is 1. The van der Waals surface area contributed by atoms with Crippen molar-refractivity contribution >= 4 is 21.6 Å². The van der Waals surface area contributed by atoms with Crippen LogP contribution in [0.15, 0.2) is 29.2 Å². The van der Waals surface area contributed by atoms with Crippen molar-refractivity contribution in [1.29, 1.82) is 0 Å². The minimum Gasteiger partial charge on any atom is -0.326 e. The highest BCUT2D eigenvalue weighted by Crippen LogP contribution is 2.14. The molecule has 0 fully saturated rings. The maximum absolute atomic E-state index is 10.8. The summed E-state index contributed by atoms with van der Waals surface area (Å²) in [5, 5.41) is 9.24. The van der Waals surface area contributed by atoms with Gasteiger partial charge in [-0.3, -0.25) is 4.79 Å². The van der Waals surface area contributed by atoms with E-state index in [2.05, 4.69) is 5.32 Å². The highest BCUT2D eigenvalue weighted by molar-refractivity contribution is 7.88. The maximum Gasteiger partial charge on any atom is 0.254 e. The normalized spacial score (nSPS) is 11.0. The van der Waals surface area contributed by atoms with Gasteiger partial charge in [0.1, 0.15) is 0 Å². The van der Waals surface area contributed by atoms with Crippen molar-refractivity contribution in [2.45, 2.75) is 11.8 Å². The highest BCUT2D eigenvalue weighted by Gasteiger charge is 2.08. The first-order chi connectivity index (χ1) is 6.39. The molecule has 6 heteroatoms. The van der Waals surface area contributed by atoms with Crippen LogP contribution in [0, 0.1) is 0 Å². The van der Waals surface area contributed by atoms with Crippen molar-refractivity contribution in [1.82, 2.24) is 5.14 Å². The first kappa shape index (κ1) is 10.7. The summed E-state index contributed by atoms with van der Waals surface area (Å²) in [6.45, 7) is 1.32. The Morgan fingerprint density at radius 1 is 1.43 bits per heavy atom. The average molecular weight is 213 g/mol. The number of anilines is 1. The van der Waals surface area contributed by atoms with Gasteiger partial charge in [0.2, 0.25) is 5.91 Å². The van der Waals surface area contributed by atoms with Crippen molar-refractivity contribution in [2.75, 3.05) is 5.32 Å². The smallest absolute Gasteiger partial charge is 0.254 e. The number of carbonyl (C=O) groups is 1. The molecule has 0 saturated carbocycles. The van der Waals surface area contributed by atoms with Gasteiger partial charge in [-0.25, -0.2) is 8.42 Å². The van der Waals surface area contributed by atoms with Crippen LogP contribution in [-0.2, 0) is 14.8 Å². The van der Waals surface area contributed by atoms with Crippen LogP contribution in [0.3, 0.4) is 0 Å². The summed E-state index contributed by atoms with van der Waals surface area (Å²) in [5.74, 6) is -0.287. The lowest BCUT2D eigenvalue weighted by molar-refractivity contribution is -0.114. The number of hydrogen-bond acceptors (Lipinski definition) is 3. The number of carbonyl (C=O) groups excluding carboxylic acids is 1. The Balaban J connectivity index is 3.08. The Hall–Kier alpha value is -1.40. The maximum atomic E-state index is 10.8. The minimum absolute atomic E-state index is 0.135. The molecule has 1 aromatic rings. The van der Waals surface area contributed by atoms with Crippen molar-refractivity contribution in [3.05, 3.63) is 24.3 Å². The summed E-state index contributed by atoms with van der Waals surface area (Å²) in [7, 11) is -3.96. The van der Waals surface area contributed by atoms with Crippen molar-refractivity contribution < 1.29 is 13.2 Å². The Kier molecular flexibility index (Phi) is 2.87. The van der Waals surface area contributed by atoms with Gasteiger partial charge in [0.25, 0.3) is 10.0 Å². The fourth-order valence-corrected chi connectivity index (χ4v) is 1.48. The molecule has 0 saturated heterocycles. The number of sulfonamides is 1. The molecule has 14 heavy (non-hydrogen) atoms. The monoisotopic (exact) mass is 213 g/mol. The van der Waals surface area contributed by atoms with Crippen molar-refractivity contribution in [3.63, 3.8) is 0 Å². The molecule has 0 spiro atoms. The van der Waals surface area contributed by atoms with Crippen LogP contribution in [0.4, 0.5) is 5.69 Å². The third-order valence-electron chi connectivity index (χ3n) is 1.46. The van der Waals surface area contributed by atoms with Gasteiger partial charge < -0.3 is 5.32 Å². The third kappa shape index (κ3) is 2.82. The van der Waals surface area contributed by atoms with Gasteiger partial charge in [-0.15, -0.1) is 5.14 Å². The summed E-state index contributed by atoms with van der Waals surface area (Å²) in [6.07, 6.45) is 0. The molecule has 0 atom stereocenters. The van der Waals surface area contributed by atoms with Crippen molar-refractivity contribution in [3.8, 4) is 0 Å². The van der Waals surface area contributed by atoms with Gasteiger partial charge in [-0.2, -0.15) is 0 Å². The molecule has 0 heterocycles. The summed E-state index contributed by atoms with van der Waals surface area (Å²) in [4.78, 5) is 10.5. The fraction of sp³-hybridized carbons (Fsp3) is 0.125. The number of amides is 1. The van der Waals surface area contributed by atoms with E-state index < -0.39 is 10.0 Å². The van der Waals surface area contributed by atoms with Crippen LogP contribution in [0.25, 0.3) is 0 Å². The standard InChI is InChI=1S/C8H9N2O3S/c1-6(11)10-7-3-2-4-8(5-7)14(9,12)13/h2-5,9H,1H3,(H,10,11). The second-order valence-corrected chi connectivity index (χ2v) is 4.19. The topological polar surface area (TPSA) is 87.0 Å². The van der Waals surface area contributed by atoms with E-state index in [-0.39, 0.29) is 10.8 Å². The molecule has 0 aliphatic heterocycles. The second kappa shape index (κ2) is 3.77. The van der Waals surface area contributed by atoms with Crippen LogP contribution in [0.2, 0.25) is 0 Å². The second-order valence-electron chi connectivity index (χ2n) is 2.71.